The molecule has 0 radical (unpaired) electrons. The van der Waals surface area contributed by atoms with Crippen LogP contribution in [0.3, 0.4) is 0 Å². The van der Waals surface area contributed by atoms with E-state index in [1.165, 1.54) is 18.3 Å². The smallest absolute Gasteiger partial charge is 0.433 e. The molecule has 0 fully saturated rings. The summed E-state index contributed by atoms with van der Waals surface area (Å²) in [6, 6.07) is 10.9. The number of nitrogens with two attached hydrogens (primary N) is 1. The predicted octanol–water partition coefficient (Wildman–Crippen LogP) is 4.10. The van der Waals surface area contributed by atoms with Crippen molar-refractivity contribution >= 4 is 23.8 Å². The first-order valence-corrected chi connectivity index (χ1v) is 8.70. The van der Waals surface area contributed by atoms with Gasteiger partial charge in [0.05, 0.1) is 11.2 Å². The number of hydrogen-bond acceptors (Lipinski definition) is 5. The molecule has 6 nitrogen and oxygen atoms in total. The number of alkyl halides is 3. The lowest BCUT2D eigenvalue weighted by Gasteiger charge is -2.09. The zero-order valence-electron chi connectivity index (χ0n) is 15.0. The monoisotopic (exact) mass is 440 g/mol. The van der Waals surface area contributed by atoms with Crippen LogP contribution in [-0.2, 0) is 12.8 Å². The van der Waals surface area contributed by atoms with E-state index in [2.05, 4.69) is 10.1 Å². The van der Waals surface area contributed by atoms with Crippen LogP contribution < -0.4 is 16.0 Å². The van der Waals surface area contributed by atoms with Crippen LogP contribution >= 0.6 is 11.6 Å². The highest BCUT2D eigenvalue weighted by molar-refractivity contribution is 6.31. The molecule has 156 valence electrons. The van der Waals surface area contributed by atoms with Crippen molar-refractivity contribution in [2.45, 2.75) is 12.8 Å². The highest BCUT2D eigenvalue weighted by Gasteiger charge is 2.33. The molecule has 0 saturated carbocycles. The fourth-order valence-electron chi connectivity index (χ4n) is 2.36. The fraction of sp³-hybridized carbons (Fsp3) is 0.105. The maximum atomic E-state index is 13.7. The Hall–Kier alpha value is -3.40. The van der Waals surface area contributed by atoms with Crippen LogP contribution in [0.2, 0.25) is 5.02 Å². The lowest BCUT2D eigenvalue weighted by molar-refractivity contribution is -0.141. The van der Waals surface area contributed by atoms with Gasteiger partial charge in [-0.2, -0.15) is 22.9 Å². The normalized spacial score (nSPS) is 11.8. The van der Waals surface area contributed by atoms with Crippen LogP contribution in [0.5, 0.6) is 5.75 Å². The van der Waals surface area contributed by atoms with E-state index in [4.69, 9.17) is 22.1 Å². The molecular weight excluding hydrogens is 428 g/mol. The lowest BCUT2D eigenvalue weighted by Crippen LogP contribution is -2.24. The summed E-state index contributed by atoms with van der Waals surface area (Å²) in [6.07, 6.45) is -3.58. The molecule has 0 bridgehead atoms. The van der Waals surface area contributed by atoms with Gasteiger partial charge in [-0.25, -0.2) is 9.37 Å². The Morgan fingerprint density at radius 2 is 1.90 bits per heavy atom. The van der Waals surface area contributed by atoms with Crippen LogP contribution in [0.4, 0.5) is 23.5 Å². The average molecular weight is 441 g/mol. The topological polar surface area (TPSA) is 82.5 Å². The first-order chi connectivity index (χ1) is 14.1. The molecule has 1 aromatic heterocycles. The SMILES string of the molecule is Nc1nc(C(F)(F)F)cc(=O)n1N=Cc1ccc(OCc2c(F)cccc2Cl)cc1. The van der Waals surface area contributed by atoms with Gasteiger partial charge in [0.1, 0.15) is 18.2 Å². The molecule has 30 heavy (non-hydrogen) atoms. The van der Waals surface area contributed by atoms with Gasteiger partial charge in [0, 0.05) is 11.6 Å². The minimum Gasteiger partial charge on any atom is -0.489 e. The van der Waals surface area contributed by atoms with E-state index >= 15 is 0 Å². The highest BCUT2D eigenvalue weighted by atomic mass is 35.5. The van der Waals surface area contributed by atoms with E-state index in [0.717, 1.165) is 0 Å². The zero-order chi connectivity index (χ0) is 21.9. The molecule has 3 aromatic rings. The summed E-state index contributed by atoms with van der Waals surface area (Å²) in [6.45, 7) is -0.0813. The molecule has 0 aliphatic rings. The molecule has 0 spiro atoms. The molecule has 11 heteroatoms. The standard InChI is InChI=1S/C19H13ClF4N4O2/c20-14-2-1-3-15(21)13(14)10-30-12-6-4-11(5-7-12)9-26-28-17(29)8-16(19(22,23)24)27-18(28)25/h1-9H,10H2,(H2,25,27). The summed E-state index contributed by atoms with van der Waals surface area (Å²) >= 11 is 5.94. The predicted molar refractivity (Wildman–Crippen MR) is 103 cm³/mol. The second-order valence-electron chi connectivity index (χ2n) is 5.95. The Kier molecular flexibility index (Phi) is 6.06. The lowest BCUT2D eigenvalue weighted by atomic mass is 10.2. The highest BCUT2D eigenvalue weighted by Crippen LogP contribution is 2.27. The van der Waals surface area contributed by atoms with E-state index in [1.807, 2.05) is 0 Å². The molecular formula is C19H13ClF4N4O2. The third-order valence-corrected chi connectivity index (χ3v) is 4.21. The van der Waals surface area contributed by atoms with Crippen molar-refractivity contribution in [1.82, 2.24) is 9.66 Å². The van der Waals surface area contributed by atoms with E-state index in [0.29, 0.717) is 22.1 Å². The molecule has 0 amide bonds. The maximum absolute atomic E-state index is 13.7. The van der Waals surface area contributed by atoms with Crippen molar-refractivity contribution < 1.29 is 22.3 Å². The quantitative estimate of drug-likeness (QED) is 0.478. The number of rotatable bonds is 5. The number of nitrogen functional groups attached to an aromatic ring is 1. The van der Waals surface area contributed by atoms with Gasteiger partial charge in [-0.05, 0) is 42.0 Å². The van der Waals surface area contributed by atoms with Crippen LogP contribution in [0.15, 0.2) is 58.4 Å². The molecule has 2 N–H and O–H groups in total. The van der Waals surface area contributed by atoms with Gasteiger partial charge in [0.2, 0.25) is 5.95 Å². The van der Waals surface area contributed by atoms with Crippen molar-refractivity contribution in [3.05, 3.63) is 86.5 Å². The number of hydrogen-bond donors (Lipinski definition) is 1. The number of benzene rings is 2. The minimum absolute atomic E-state index is 0.0813. The maximum Gasteiger partial charge on any atom is 0.433 e. The summed E-state index contributed by atoms with van der Waals surface area (Å²) in [5, 5.41) is 4.00. The molecule has 0 aliphatic heterocycles. The number of aromatic nitrogens is 2. The second-order valence-corrected chi connectivity index (χ2v) is 6.36. The summed E-state index contributed by atoms with van der Waals surface area (Å²) in [4.78, 5) is 15.0. The number of halogens is 5. The van der Waals surface area contributed by atoms with Crippen molar-refractivity contribution in [3.63, 3.8) is 0 Å². The molecule has 0 unspecified atom stereocenters. The molecule has 2 aromatic carbocycles. The van der Waals surface area contributed by atoms with E-state index in [1.54, 1.807) is 30.3 Å². The van der Waals surface area contributed by atoms with Gasteiger partial charge in [-0.15, -0.1) is 0 Å². The summed E-state index contributed by atoms with van der Waals surface area (Å²) in [5.74, 6) is -0.772. The van der Waals surface area contributed by atoms with Crippen molar-refractivity contribution in [2.24, 2.45) is 5.10 Å². The van der Waals surface area contributed by atoms with Crippen molar-refractivity contribution in [2.75, 3.05) is 5.73 Å². The van der Waals surface area contributed by atoms with Crippen LogP contribution in [-0.4, -0.2) is 15.9 Å². The van der Waals surface area contributed by atoms with E-state index < -0.39 is 29.2 Å². The first-order valence-electron chi connectivity index (χ1n) is 8.32. The Morgan fingerprint density at radius 1 is 1.20 bits per heavy atom. The molecule has 1 heterocycles. The first kappa shape index (κ1) is 21.3. The number of ether oxygens (including phenoxy) is 1. The van der Waals surface area contributed by atoms with Crippen LogP contribution in [0, 0.1) is 5.82 Å². The van der Waals surface area contributed by atoms with Gasteiger partial charge in [-0.1, -0.05) is 17.7 Å². The second kappa shape index (κ2) is 8.54. The van der Waals surface area contributed by atoms with Gasteiger partial charge in [0.25, 0.3) is 5.56 Å². The van der Waals surface area contributed by atoms with Gasteiger partial charge >= 0.3 is 6.18 Å². The Balaban J connectivity index is 1.72. The summed E-state index contributed by atoms with van der Waals surface area (Å²) < 4.78 is 57.7. The Morgan fingerprint density at radius 3 is 2.50 bits per heavy atom. The van der Waals surface area contributed by atoms with E-state index in [-0.39, 0.29) is 17.2 Å². The minimum atomic E-state index is -4.79. The Bertz CT molecular complexity index is 1120. The molecule has 3 rings (SSSR count). The average Bonchev–Trinajstić information content (AvgIpc) is 2.67. The van der Waals surface area contributed by atoms with Crippen molar-refractivity contribution in [1.29, 1.82) is 0 Å². The molecule has 0 saturated heterocycles. The van der Waals surface area contributed by atoms with Crippen molar-refractivity contribution in [3.8, 4) is 5.75 Å². The fourth-order valence-corrected chi connectivity index (χ4v) is 2.57. The molecule has 0 atom stereocenters. The van der Waals surface area contributed by atoms with Gasteiger partial charge in [0.15, 0.2) is 5.69 Å². The van der Waals surface area contributed by atoms with Crippen LogP contribution in [0.25, 0.3) is 0 Å². The summed E-state index contributed by atoms with van der Waals surface area (Å²) in [5.41, 5.74) is 3.65. The number of anilines is 1. The molecule has 0 aliphatic carbocycles. The summed E-state index contributed by atoms with van der Waals surface area (Å²) in [7, 11) is 0. The van der Waals surface area contributed by atoms with Gasteiger partial charge < -0.3 is 10.5 Å². The zero-order valence-corrected chi connectivity index (χ0v) is 15.8. The largest absolute Gasteiger partial charge is 0.489 e. The van der Waals surface area contributed by atoms with Gasteiger partial charge in [-0.3, -0.25) is 4.79 Å². The van der Waals surface area contributed by atoms with Crippen LogP contribution in [0.1, 0.15) is 16.8 Å². The Labute approximate surface area is 172 Å². The third-order valence-electron chi connectivity index (χ3n) is 3.86. The van der Waals surface area contributed by atoms with E-state index in [9.17, 15) is 22.4 Å². The number of nitrogens with zero attached hydrogens (tertiary/aromatic N) is 3. The third kappa shape index (κ3) is 4.95.